The Morgan fingerprint density at radius 2 is 2.00 bits per heavy atom. The van der Waals surface area contributed by atoms with E-state index in [1.165, 1.54) is 30.4 Å². The second-order valence-corrected chi connectivity index (χ2v) is 4.47. The Kier molecular flexibility index (Phi) is 1.98. The largest absolute Gasteiger partial charge is 0.289 e. The molecule has 0 aromatic heterocycles. The van der Waals surface area contributed by atoms with E-state index in [1.807, 2.05) is 24.3 Å². The average molecular weight is 198 g/mol. The molecule has 0 saturated heterocycles. The minimum Gasteiger partial charge on any atom is -0.289 e. The Hall–Kier alpha value is -1.37. The van der Waals surface area contributed by atoms with E-state index < -0.39 is 0 Å². The maximum atomic E-state index is 11.9. The van der Waals surface area contributed by atoms with Gasteiger partial charge in [-0.25, -0.2) is 0 Å². The second-order valence-electron chi connectivity index (χ2n) is 4.47. The molecular weight excluding hydrogens is 184 g/mol. The van der Waals surface area contributed by atoms with Gasteiger partial charge in [-0.2, -0.15) is 0 Å². The van der Waals surface area contributed by atoms with Crippen molar-refractivity contribution in [1.29, 1.82) is 0 Å². The molecule has 1 fully saturated rings. The highest BCUT2D eigenvalue weighted by Gasteiger charge is 2.28. The number of hydrogen-bond donors (Lipinski definition) is 0. The molecule has 1 nitrogen and oxygen atoms in total. The molecule has 1 heteroatoms. The molecule has 0 aliphatic heterocycles. The molecule has 0 N–H and O–H groups in total. The van der Waals surface area contributed by atoms with Crippen molar-refractivity contribution in [2.45, 2.75) is 31.6 Å². The van der Waals surface area contributed by atoms with Crippen LogP contribution in [0.4, 0.5) is 0 Å². The van der Waals surface area contributed by atoms with Crippen LogP contribution in [0.5, 0.6) is 0 Å². The van der Waals surface area contributed by atoms with Gasteiger partial charge < -0.3 is 0 Å². The van der Waals surface area contributed by atoms with E-state index in [4.69, 9.17) is 0 Å². The maximum absolute atomic E-state index is 11.9. The van der Waals surface area contributed by atoms with Gasteiger partial charge in [0, 0.05) is 11.5 Å². The lowest BCUT2D eigenvalue weighted by Crippen LogP contribution is -2.18. The van der Waals surface area contributed by atoms with E-state index in [0.29, 0.717) is 5.92 Å². The third-order valence-corrected chi connectivity index (χ3v) is 3.57. The fraction of sp³-hybridized carbons (Fsp3) is 0.357. The van der Waals surface area contributed by atoms with Gasteiger partial charge >= 0.3 is 0 Å². The molecule has 0 bridgehead atoms. The van der Waals surface area contributed by atoms with Gasteiger partial charge in [-0.15, -0.1) is 0 Å². The number of fused-ring (bicyclic) bond motifs is 3. The average Bonchev–Trinajstić information content (AvgIpc) is 2.30. The van der Waals surface area contributed by atoms with E-state index in [-0.39, 0.29) is 5.78 Å². The fourth-order valence-electron chi connectivity index (χ4n) is 2.84. The van der Waals surface area contributed by atoms with Crippen LogP contribution >= 0.6 is 0 Å². The predicted molar refractivity (Wildman–Crippen MR) is 60.1 cm³/mol. The normalized spacial score (nSPS) is 24.1. The van der Waals surface area contributed by atoms with Crippen molar-refractivity contribution < 1.29 is 4.79 Å². The zero-order valence-electron chi connectivity index (χ0n) is 8.70. The summed E-state index contributed by atoms with van der Waals surface area (Å²) in [4.78, 5) is 11.9. The zero-order valence-corrected chi connectivity index (χ0v) is 8.70. The summed E-state index contributed by atoms with van der Waals surface area (Å²) < 4.78 is 0. The lowest BCUT2D eigenvalue weighted by molar-refractivity contribution is 0.104. The number of ketones is 1. The van der Waals surface area contributed by atoms with Crippen LogP contribution in [-0.4, -0.2) is 5.78 Å². The second kappa shape index (κ2) is 3.34. The van der Waals surface area contributed by atoms with Crippen molar-refractivity contribution in [3.63, 3.8) is 0 Å². The summed E-state index contributed by atoms with van der Waals surface area (Å²) in [5.41, 5.74) is 3.55. The summed E-state index contributed by atoms with van der Waals surface area (Å²) in [6.45, 7) is 0. The van der Waals surface area contributed by atoms with Crippen molar-refractivity contribution in [1.82, 2.24) is 0 Å². The smallest absolute Gasteiger partial charge is 0.186 e. The lowest BCUT2D eigenvalue weighted by atomic mass is 9.74. The SMILES string of the molecule is O=C1C=C2CCCCC2c2ccccc21. The van der Waals surface area contributed by atoms with Crippen LogP contribution in [0.25, 0.3) is 0 Å². The number of allylic oxidation sites excluding steroid dienone is 2. The quantitative estimate of drug-likeness (QED) is 0.624. The van der Waals surface area contributed by atoms with Gasteiger partial charge in [-0.3, -0.25) is 4.79 Å². The Labute approximate surface area is 89.8 Å². The van der Waals surface area contributed by atoms with Crippen molar-refractivity contribution in [2.75, 3.05) is 0 Å². The first-order chi connectivity index (χ1) is 7.36. The Balaban J connectivity index is 2.14. The molecule has 76 valence electrons. The fourth-order valence-corrected chi connectivity index (χ4v) is 2.84. The first-order valence-corrected chi connectivity index (χ1v) is 5.70. The van der Waals surface area contributed by atoms with Crippen LogP contribution in [0.2, 0.25) is 0 Å². The summed E-state index contributed by atoms with van der Waals surface area (Å²) >= 11 is 0. The highest BCUT2D eigenvalue weighted by molar-refractivity contribution is 6.07. The van der Waals surface area contributed by atoms with Gasteiger partial charge in [0.15, 0.2) is 5.78 Å². The summed E-state index contributed by atoms with van der Waals surface area (Å²) in [5, 5.41) is 0. The van der Waals surface area contributed by atoms with Gasteiger partial charge in [-0.1, -0.05) is 36.3 Å². The molecule has 0 spiro atoms. The molecule has 1 aromatic rings. The van der Waals surface area contributed by atoms with Gasteiger partial charge in [0.05, 0.1) is 0 Å². The molecule has 0 amide bonds. The van der Waals surface area contributed by atoms with Crippen LogP contribution in [0.3, 0.4) is 0 Å². The van der Waals surface area contributed by atoms with E-state index in [9.17, 15) is 4.79 Å². The van der Waals surface area contributed by atoms with Gasteiger partial charge in [0.2, 0.25) is 0 Å². The molecule has 0 radical (unpaired) electrons. The summed E-state index contributed by atoms with van der Waals surface area (Å²) in [7, 11) is 0. The van der Waals surface area contributed by atoms with E-state index in [1.54, 1.807) is 0 Å². The van der Waals surface area contributed by atoms with E-state index in [0.717, 1.165) is 12.0 Å². The standard InChI is InChI=1S/C14H14O/c15-14-9-10-5-1-2-6-11(10)12-7-3-4-8-13(12)14/h3-4,7-9,11H,1-2,5-6H2. The predicted octanol–water partition coefficient (Wildman–Crippen LogP) is 3.47. The van der Waals surface area contributed by atoms with Crippen LogP contribution in [0.1, 0.15) is 47.5 Å². The number of hydrogen-bond acceptors (Lipinski definition) is 1. The van der Waals surface area contributed by atoms with Crippen LogP contribution in [-0.2, 0) is 0 Å². The molecule has 1 saturated carbocycles. The summed E-state index contributed by atoms with van der Waals surface area (Å²) in [6, 6.07) is 8.08. The molecule has 1 atom stereocenters. The number of carbonyl (C=O) groups excluding carboxylic acids is 1. The van der Waals surface area contributed by atoms with Crippen LogP contribution in [0, 0.1) is 0 Å². The van der Waals surface area contributed by atoms with Crippen molar-refractivity contribution in [2.24, 2.45) is 0 Å². The Morgan fingerprint density at radius 1 is 1.13 bits per heavy atom. The lowest BCUT2D eigenvalue weighted by Gasteiger charge is -2.30. The molecule has 1 aromatic carbocycles. The van der Waals surface area contributed by atoms with Gasteiger partial charge in [0.1, 0.15) is 0 Å². The highest BCUT2D eigenvalue weighted by atomic mass is 16.1. The van der Waals surface area contributed by atoms with Crippen LogP contribution < -0.4 is 0 Å². The maximum Gasteiger partial charge on any atom is 0.186 e. The Bertz CT molecular complexity index is 442. The third kappa shape index (κ3) is 1.34. The highest BCUT2D eigenvalue weighted by Crippen LogP contribution is 2.41. The number of carbonyl (C=O) groups is 1. The minimum atomic E-state index is 0.207. The van der Waals surface area contributed by atoms with E-state index >= 15 is 0 Å². The summed E-state index contributed by atoms with van der Waals surface area (Å²) in [5.74, 6) is 0.742. The van der Waals surface area contributed by atoms with Crippen molar-refractivity contribution in [3.8, 4) is 0 Å². The Morgan fingerprint density at radius 3 is 2.93 bits per heavy atom. The molecule has 0 heterocycles. The van der Waals surface area contributed by atoms with Gasteiger partial charge in [-0.05, 0) is 30.9 Å². The van der Waals surface area contributed by atoms with E-state index in [2.05, 4.69) is 6.07 Å². The molecule has 2 aliphatic carbocycles. The van der Waals surface area contributed by atoms with Gasteiger partial charge in [0.25, 0.3) is 0 Å². The monoisotopic (exact) mass is 198 g/mol. The molecular formula is C14H14O. The first-order valence-electron chi connectivity index (χ1n) is 5.70. The summed E-state index contributed by atoms with van der Waals surface area (Å²) in [6.07, 6.45) is 6.76. The number of rotatable bonds is 0. The molecule has 2 aliphatic rings. The molecule has 3 rings (SSSR count). The van der Waals surface area contributed by atoms with Crippen LogP contribution in [0.15, 0.2) is 35.9 Å². The third-order valence-electron chi connectivity index (χ3n) is 3.57. The topological polar surface area (TPSA) is 17.1 Å². The van der Waals surface area contributed by atoms with Crippen molar-refractivity contribution >= 4 is 5.78 Å². The van der Waals surface area contributed by atoms with Crippen molar-refractivity contribution in [3.05, 3.63) is 47.0 Å². The minimum absolute atomic E-state index is 0.207. The molecule has 1 unspecified atom stereocenters. The zero-order chi connectivity index (χ0) is 10.3. The number of benzene rings is 1. The molecule has 15 heavy (non-hydrogen) atoms. The first kappa shape index (κ1) is 8.90.